The molecule has 8 nitrogen and oxygen atoms in total. The second kappa shape index (κ2) is 9.59. The van der Waals surface area contributed by atoms with Crippen LogP contribution in [0.2, 0.25) is 0 Å². The maximum absolute atomic E-state index is 12.1. The first-order chi connectivity index (χ1) is 12.0. The van der Waals surface area contributed by atoms with Gasteiger partial charge in [0.05, 0.1) is 26.1 Å². The number of nitrogens with one attached hydrogen (secondary N) is 2. The number of para-hydroxylation sites is 1. The predicted molar refractivity (Wildman–Crippen MR) is 94.3 cm³/mol. The second-order valence-electron chi connectivity index (χ2n) is 5.57. The van der Waals surface area contributed by atoms with Crippen LogP contribution >= 0.6 is 0 Å². The number of morpholine rings is 1. The van der Waals surface area contributed by atoms with Crippen molar-refractivity contribution < 1.29 is 22.7 Å². The summed E-state index contributed by atoms with van der Waals surface area (Å²) in [6.07, 6.45) is 0.628. The number of carbonyl (C=O) groups excluding carboxylic acids is 1. The van der Waals surface area contributed by atoms with E-state index in [1.807, 2.05) is 24.3 Å². The molecule has 0 atom stereocenters. The fraction of sp³-hybridized carbons (Fsp3) is 0.562. The Hall–Kier alpha value is -1.84. The van der Waals surface area contributed by atoms with E-state index in [2.05, 4.69) is 10.6 Å². The Morgan fingerprint density at radius 1 is 1.20 bits per heavy atom. The highest BCUT2D eigenvalue weighted by molar-refractivity contribution is 7.89. The number of sulfonamides is 1. The van der Waals surface area contributed by atoms with Gasteiger partial charge in [-0.2, -0.15) is 4.31 Å². The number of carbonyl (C=O) groups is 1. The zero-order valence-corrected chi connectivity index (χ0v) is 15.2. The molecule has 9 heteroatoms. The molecule has 0 saturated carbocycles. The zero-order chi connectivity index (χ0) is 18.1. The minimum absolute atomic E-state index is 0.0696. The van der Waals surface area contributed by atoms with Gasteiger partial charge in [0.2, 0.25) is 10.0 Å². The molecule has 1 aromatic rings. The molecule has 140 valence electrons. The second-order valence-corrected chi connectivity index (χ2v) is 7.66. The Morgan fingerprint density at radius 3 is 2.60 bits per heavy atom. The van der Waals surface area contributed by atoms with E-state index in [1.165, 1.54) is 4.31 Å². The number of nitrogens with zero attached hydrogens (tertiary/aromatic N) is 1. The summed E-state index contributed by atoms with van der Waals surface area (Å²) < 4.78 is 36.0. The number of hydrogen-bond acceptors (Lipinski definition) is 5. The van der Waals surface area contributed by atoms with E-state index < -0.39 is 10.0 Å². The van der Waals surface area contributed by atoms with E-state index in [0.717, 1.165) is 11.3 Å². The summed E-state index contributed by atoms with van der Waals surface area (Å²) in [6.45, 7) is 2.07. The first kappa shape index (κ1) is 19.5. The number of ether oxygens (including phenoxy) is 2. The maximum atomic E-state index is 12.1. The van der Waals surface area contributed by atoms with E-state index in [1.54, 1.807) is 7.11 Å². The molecule has 0 bridgehead atoms. The highest BCUT2D eigenvalue weighted by atomic mass is 32.2. The van der Waals surface area contributed by atoms with Gasteiger partial charge in [-0.25, -0.2) is 13.2 Å². The van der Waals surface area contributed by atoms with Crippen LogP contribution < -0.4 is 15.4 Å². The summed E-state index contributed by atoms with van der Waals surface area (Å²) in [5.74, 6) is 0.661. The largest absolute Gasteiger partial charge is 0.496 e. The quantitative estimate of drug-likeness (QED) is 0.680. The topological polar surface area (TPSA) is 97.0 Å². The number of methoxy groups -OCH3 is 1. The number of amides is 2. The van der Waals surface area contributed by atoms with Gasteiger partial charge in [0.1, 0.15) is 5.75 Å². The predicted octanol–water partition coefficient (Wildman–Crippen LogP) is 0.199. The zero-order valence-electron chi connectivity index (χ0n) is 14.4. The standard InChI is InChI=1S/C16H25N3O5S/c1-23-15-5-3-2-4-14(15)6-7-17-16(20)18-8-13-25(21,22)19-9-11-24-12-10-19/h2-5H,6-13H2,1H3,(H2,17,18,20). The van der Waals surface area contributed by atoms with Crippen molar-refractivity contribution in [3.8, 4) is 5.75 Å². The van der Waals surface area contributed by atoms with Crippen molar-refractivity contribution in [1.29, 1.82) is 0 Å². The van der Waals surface area contributed by atoms with Crippen molar-refractivity contribution in [2.45, 2.75) is 6.42 Å². The van der Waals surface area contributed by atoms with Crippen molar-refractivity contribution in [1.82, 2.24) is 14.9 Å². The van der Waals surface area contributed by atoms with Crippen LogP contribution in [0.3, 0.4) is 0 Å². The smallest absolute Gasteiger partial charge is 0.314 e. The van der Waals surface area contributed by atoms with Crippen molar-refractivity contribution in [3.05, 3.63) is 29.8 Å². The van der Waals surface area contributed by atoms with E-state index in [0.29, 0.717) is 39.3 Å². The Bertz CT molecular complexity index is 659. The normalized spacial score (nSPS) is 15.6. The lowest BCUT2D eigenvalue weighted by atomic mass is 10.1. The van der Waals surface area contributed by atoms with Crippen LogP contribution in [0.25, 0.3) is 0 Å². The van der Waals surface area contributed by atoms with Gasteiger partial charge in [-0.05, 0) is 18.1 Å². The van der Waals surface area contributed by atoms with Crippen LogP contribution in [0.1, 0.15) is 5.56 Å². The van der Waals surface area contributed by atoms with E-state index in [-0.39, 0.29) is 18.3 Å². The molecular weight excluding hydrogens is 346 g/mol. The van der Waals surface area contributed by atoms with Crippen LogP contribution in [0.15, 0.2) is 24.3 Å². The maximum Gasteiger partial charge on any atom is 0.314 e. The number of benzene rings is 1. The Labute approximate surface area is 148 Å². The molecule has 0 aliphatic carbocycles. The molecule has 1 fully saturated rings. The molecule has 1 aromatic carbocycles. The summed E-state index contributed by atoms with van der Waals surface area (Å²) in [4.78, 5) is 11.8. The Morgan fingerprint density at radius 2 is 1.88 bits per heavy atom. The average molecular weight is 371 g/mol. The average Bonchev–Trinajstić information content (AvgIpc) is 2.63. The highest BCUT2D eigenvalue weighted by Crippen LogP contribution is 2.17. The van der Waals surface area contributed by atoms with E-state index >= 15 is 0 Å². The molecule has 2 rings (SSSR count). The molecule has 2 amide bonds. The van der Waals surface area contributed by atoms with Gasteiger partial charge in [-0.3, -0.25) is 0 Å². The minimum atomic E-state index is -3.36. The molecule has 0 radical (unpaired) electrons. The molecule has 0 unspecified atom stereocenters. The summed E-state index contributed by atoms with van der Waals surface area (Å²) in [7, 11) is -1.75. The Kier molecular flexibility index (Phi) is 7.48. The molecule has 1 heterocycles. The van der Waals surface area contributed by atoms with Crippen LogP contribution in [-0.4, -0.2) is 71.0 Å². The van der Waals surface area contributed by atoms with Gasteiger partial charge >= 0.3 is 6.03 Å². The summed E-state index contributed by atoms with van der Waals surface area (Å²) in [5.41, 5.74) is 1.00. The molecule has 1 aliphatic heterocycles. The monoisotopic (exact) mass is 371 g/mol. The van der Waals surface area contributed by atoms with Gasteiger partial charge in [-0.15, -0.1) is 0 Å². The van der Waals surface area contributed by atoms with Gasteiger partial charge in [0, 0.05) is 26.2 Å². The fourth-order valence-electron chi connectivity index (χ4n) is 2.53. The molecule has 25 heavy (non-hydrogen) atoms. The molecular formula is C16H25N3O5S. The highest BCUT2D eigenvalue weighted by Gasteiger charge is 2.23. The molecule has 1 saturated heterocycles. The number of rotatable bonds is 8. The summed E-state index contributed by atoms with van der Waals surface area (Å²) in [5, 5.41) is 5.29. The van der Waals surface area contributed by atoms with E-state index in [4.69, 9.17) is 9.47 Å². The van der Waals surface area contributed by atoms with E-state index in [9.17, 15) is 13.2 Å². The number of hydrogen-bond donors (Lipinski definition) is 2. The van der Waals surface area contributed by atoms with Gasteiger partial charge < -0.3 is 20.1 Å². The van der Waals surface area contributed by atoms with Crippen LogP contribution in [0.5, 0.6) is 5.75 Å². The molecule has 2 N–H and O–H groups in total. The van der Waals surface area contributed by atoms with Crippen LogP contribution in [0, 0.1) is 0 Å². The van der Waals surface area contributed by atoms with Gasteiger partial charge in [-0.1, -0.05) is 18.2 Å². The fourth-order valence-corrected chi connectivity index (χ4v) is 3.85. The third-order valence-corrected chi connectivity index (χ3v) is 5.75. The Balaban J connectivity index is 1.67. The number of urea groups is 1. The minimum Gasteiger partial charge on any atom is -0.496 e. The lowest BCUT2D eigenvalue weighted by molar-refractivity contribution is 0.0730. The SMILES string of the molecule is COc1ccccc1CCNC(=O)NCCS(=O)(=O)N1CCOCC1. The van der Waals surface area contributed by atoms with Crippen molar-refractivity contribution in [3.63, 3.8) is 0 Å². The van der Waals surface area contributed by atoms with Crippen molar-refractivity contribution in [2.24, 2.45) is 0 Å². The lowest BCUT2D eigenvalue weighted by Crippen LogP contribution is -2.45. The van der Waals surface area contributed by atoms with Crippen molar-refractivity contribution in [2.75, 3.05) is 52.3 Å². The van der Waals surface area contributed by atoms with Gasteiger partial charge in [0.25, 0.3) is 0 Å². The molecule has 0 spiro atoms. The van der Waals surface area contributed by atoms with Gasteiger partial charge in [0.15, 0.2) is 0 Å². The molecule has 1 aliphatic rings. The van der Waals surface area contributed by atoms with Crippen LogP contribution in [-0.2, 0) is 21.2 Å². The third kappa shape index (κ3) is 6.18. The lowest BCUT2D eigenvalue weighted by Gasteiger charge is -2.26. The van der Waals surface area contributed by atoms with Crippen molar-refractivity contribution >= 4 is 16.1 Å². The summed E-state index contributed by atoms with van der Waals surface area (Å²) in [6, 6.07) is 7.22. The first-order valence-corrected chi connectivity index (χ1v) is 9.83. The summed E-state index contributed by atoms with van der Waals surface area (Å²) >= 11 is 0. The molecule has 0 aromatic heterocycles. The first-order valence-electron chi connectivity index (χ1n) is 8.22. The van der Waals surface area contributed by atoms with Crippen LogP contribution in [0.4, 0.5) is 4.79 Å². The third-order valence-electron chi connectivity index (χ3n) is 3.88.